The first kappa shape index (κ1) is 19.9. The highest BCUT2D eigenvalue weighted by molar-refractivity contribution is 6.44. The van der Waals surface area contributed by atoms with Gasteiger partial charge in [0.2, 0.25) is 5.88 Å². The van der Waals surface area contributed by atoms with Crippen LogP contribution in [-0.4, -0.2) is 62.3 Å². The van der Waals surface area contributed by atoms with E-state index in [1.54, 1.807) is 0 Å². The van der Waals surface area contributed by atoms with E-state index >= 15 is 0 Å². The Labute approximate surface area is 184 Å². The minimum absolute atomic E-state index is 0.0376. The molecule has 30 heavy (non-hydrogen) atoms. The third kappa shape index (κ3) is 2.95. The molecule has 2 fully saturated rings. The summed E-state index contributed by atoms with van der Waals surface area (Å²) in [7, 11) is 0. The first-order valence-corrected chi connectivity index (χ1v) is 10.9. The summed E-state index contributed by atoms with van der Waals surface area (Å²) in [5.41, 5.74) is -0.0301. The Hall–Kier alpha value is -2.06. The van der Waals surface area contributed by atoms with Gasteiger partial charge < -0.3 is 14.4 Å². The number of aromatic nitrogens is 3. The van der Waals surface area contributed by atoms with Crippen LogP contribution in [0.2, 0.25) is 10.2 Å². The summed E-state index contributed by atoms with van der Waals surface area (Å²) < 4.78 is 12.0. The zero-order valence-corrected chi connectivity index (χ0v) is 18.7. The second-order valence-corrected chi connectivity index (χ2v) is 9.83. The molecule has 8 nitrogen and oxygen atoms in total. The number of nitrogens with zero attached hydrogens (tertiary/aromatic N) is 5. The van der Waals surface area contributed by atoms with Crippen molar-refractivity contribution >= 4 is 46.0 Å². The van der Waals surface area contributed by atoms with E-state index < -0.39 is 5.60 Å². The number of amides is 1. The highest BCUT2D eigenvalue weighted by Gasteiger charge is 2.53. The minimum Gasteiger partial charge on any atom is -0.472 e. The number of anilines is 1. The monoisotopic (exact) mass is 451 g/mol. The predicted octanol–water partition coefficient (Wildman–Crippen LogP) is 4.07. The number of halogens is 2. The number of rotatable bonds is 0. The second kappa shape index (κ2) is 6.72. The van der Waals surface area contributed by atoms with Crippen molar-refractivity contribution in [3.8, 4) is 5.88 Å². The van der Waals surface area contributed by atoms with Crippen molar-refractivity contribution in [2.24, 2.45) is 0 Å². The van der Waals surface area contributed by atoms with Crippen LogP contribution in [0.25, 0.3) is 10.9 Å². The SMILES string of the molecule is CC1Oc2nc(Cl)c(Cl)c3ncnc(c23)N2CC3CCC(C12)N3C(=O)OC(C)(C)C. The molecular formula is C20H23Cl2N5O3. The third-order valence-corrected chi connectivity index (χ3v) is 6.72. The first-order chi connectivity index (χ1) is 14.2. The standard InChI is InChI=1S/C20H23Cl2N5O3/c1-9-15-11-6-5-10(27(11)19(28)30-20(2,3)4)7-26(15)17-12-14(23-8-24-17)13(21)16(22)25-18(12)29-9/h8-11,15H,5-7H2,1-4H3. The lowest BCUT2D eigenvalue weighted by atomic mass is 9.98. The predicted molar refractivity (Wildman–Crippen MR) is 113 cm³/mol. The van der Waals surface area contributed by atoms with Crippen LogP contribution in [0, 0.1) is 0 Å². The van der Waals surface area contributed by atoms with Crippen molar-refractivity contribution in [1.82, 2.24) is 19.9 Å². The van der Waals surface area contributed by atoms with Crippen molar-refractivity contribution in [3.63, 3.8) is 0 Å². The Morgan fingerprint density at radius 3 is 2.77 bits per heavy atom. The van der Waals surface area contributed by atoms with Gasteiger partial charge in [0.15, 0.2) is 5.15 Å². The van der Waals surface area contributed by atoms with Crippen LogP contribution >= 0.6 is 23.2 Å². The van der Waals surface area contributed by atoms with E-state index in [1.165, 1.54) is 6.33 Å². The molecular weight excluding hydrogens is 429 g/mol. The van der Waals surface area contributed by atoms with Gasteiger partial charge in [-0.3, -0.25) is 4.90 Å². The molecule has 1 amide bonds. The molecule has 0 N–H and O–H groups in total. The van der Waals surface area contributed by atoms with Gasteiger partial charge in [0.05, 0.1) is 18.1 Å². The average molecular weight is 452 g/mol. The molecule has 5 rings (SSSR count). The maximum Gasteiger partial charge on any atom is 0.410 e. The molecule has 4 unspecified atom stereocenters. The Kier molecular flexibility index (Phi) is 4.45. The number of hydrogen-bond acceptors (Lipinski definition) is 7. The van der Waals surface area contributed by atoms with Gasteiger partial charge in [-0.2, -0.15) is 4.98 Å². The number of piperazine rings is 1. The Morgan fingerprint density at radius 2 is 2.03 bits per heavy atom. The van der Waals surface area contributed by atoms with Gasteiger partial charge in [0, 0.05) is 6.54 Å². The summed E-state index contributed by atoms with van der Waals surface area (Å²) in [6.07, 6.45) is 2.73. The molecule has 5 heterocycles. The summed E-state index contributed by atoms with van der Waals surface area (Å²) in [4.78, 5) is 30.4. The molecule has 2 saturated heterocycles. The van der Waals surface area contributed by atoms with Crippen LogP contribution in [0.3, 0.4) is 0 Å². The van der Waals surface area contributed by atoms with Gasteiger partial charge in [-0.25, -0.2) is 14.8 Å². The lowest BCUT2D eigenvalue weighted by Gasteiger charge is -2.48. The Bertz CT molecular complexity index is 1040. The summed E-state index contributed by atoms with van der Waals surface area (Å²) in [6, 6.07) is -0.129. The summed E-state index contributed by atoms with van der Waals surface area (Å²) in [6.45, 7) is 8.26. The molecule has 0 radical (unpaired) electrons. The van der Waals surface area contributed by atoms with Crippen LogP contribution < -0.4 is 9.64 Å². The fourth-order valence-corrected chi connectivity index (χ4v) is 5.31. The van der Waals surface area contributed by atoms with Gasteiger partial charge in [0.1, 0.15) is 39.8 Å². The Morgan fingerprint density at radius 1 is 1.27 bits per heavy atom. The van der Waals surface area contributed by atoms with Crippen LogP contribution in [0.4, 0.5) is 10.6 Å². The second-order valence-electron chi connectivity index (χ2n) is 9.09. The fraction of sp³-hybridized carbons (Fsp3) is 0.600. The zero-order valence-electron chi connectivity index (χ0n) is 17.2. The van der Waals surface area contributed by atoms with Gasteiger partial charge in [-0.15, -0.1) is 0 Å². The first-order valence-electron chi connectivity index (χ1n) is 10.1. The van der Waals surface area contributed by atoms with Crippen LogP contribution in [0.1, 0.15) is 40.5 Å². The zero-order chi connectivity index (χ0) is 21.4. The molecule has 2 aromatic heterocycles. The molecule has 0 aliphatic carbocycles. The van der Waals surface area contributed by atoms with Crippen molar-refractivity contribution in [3.05, 3.63) is 16.5 Å². The van der Waals surface area contributed by atoms with E-state index in [9.17, 15) is 4.79 Å². The summed E-state index contributed by atoms with van der Waals surface area (Å²) >= 11 is 12.6. The average Bonchev–Trinajstić information content (AvgIpc) is 2.91. The van der Waals surface area contributed by atoms with E-state index in [1.807, 2.05) is 32.6 Å². The van der Waals surface area contributed by atoms with E-state index in [-0.39, 0.29) is 40.5 Å². The molecule has 160 valence electrons. The number of ether oxygens (including phenoxy) is 2. The molecule has 3 aliphatic heterocycles. The number of pyridine rings is 1. The van der Waals surface area contributed by atoms with Gasteiger partial charge in [0.25, 0.3) is 0 Å². The smallest absolute Gasteiger partial charge is 0.410 e. The number of fused-ring (bicyclic) bond motifs is 5. The third-order valence-electron chi connectivity index (χ3n) is 5.99. The summed E-state index contributed by atoms with van der Waals surface area (Å²) in [5.74, 6) is 1.09. The van der Waals surface area contributed by atoms with Crippen LogP contribution in [0.5, 0.6) is 5.88 Å². The molecule has 0 saturated carbocycles. The molecule has 10 heteroatoms. The molecule has 3 aliphatic rings. The largest absolute Gasteiger partial charge is 0.472 e. The van der Waals surface area contributed by atoms with E-state index in [2.05, 4.69) is 19.9 Å². The van der Waals surface area contributed by atoms with Crippen LogP contribution in [-0.2, 0) is 4.74 Å². The number of carbonyl (C=O) groups is 1. The van der Waals surface area contributed by atoms with Crippen LogP contribution in [0.15, 0.2) is 6.33 Å². The normalized spacial score (nSPS) is 27.5. The van der Waals surface area contributed by atoms with Gasteiger partial charge in [-0.1, -0.05) is 23.2 Å². The number of hydrogen-bond donors (Lipinski definition) is 0. The van der Waals surface area contributed by atoms with E-state index in [4.69, 9.17) is 32.7 Å². The lowest BCUT2D eigenvalue weighted by molar-refractivity contribution is 0.000965. The molecule has 4 atom stereocenters. The van der Waals surface area contributed by atoms with Crippen molar-refractivity contribution in [2.75, 3.05) is 11.4 Å². The van der Waals surface area contributed by atoms with Crippen molar-refractivity contribution in [1.29, 1.82) is 0 Å². The van der Waals surface area contributed by atoms with Gasteiger partial charge in [-0.05, 0) is 40.5 Å². The van der Waals surface area contributed by atoms with E-state index in [0.717, 1.165) is 18.7 Å². The maximum atomic E-state index is 13.0. The van der Waals surface area contributed by atoms with Crippen molar-refractivity contribution in [2.45, 2.75) is 70.4 Å². The highest BCUT2D eigenvalue weighted by atomic mass is 35.5. The van der Waals surface area contributed by atoms with Gasteiger partial charge >= 0.3 is 6.09 Å². The quantitative estimate of drug-likeness (QED) is 0.558. The lowest BCUT2D eigenvalue weighted by Crippen LogP contribution is -2.65. The van der Waals surface area contributed by atoms with Crippen molar-refractivity contribution < 1.29 is 14.3 Å². The molecule has 2 bridgehead atoms. The minimum atomic E-state index is -0.550. The maximum absolute atomic E-state index is 13.0. The van der Waals surface area contributed by atoms with E-state index in [0.29, 0.717) is 23.3 Å². The topological polar surface area (TPSA) is 80.7 Å². The molecule has 0 aromatic carbocycles. The fourth-order valence-electron chi connectivity index (χ4n) is 4.96. The molecule has 2 aromatic rings. The summed E-state index contributed by atoms with van der Waals surface area (Å²) in [5, 5.41) is 1.09. The molecule has 0 spiro atoms. The number of carbonyl (C=O) groups excluding carboxylic acids is 1. The highest BCUT2D eigenvalue weighted by Crippen LogP contribution is 2.46. The Balaban J connectivity index is 1.60.